The third-order valence-corrected chi connectivity index (χ3v) is 3.20. The predicted molar refractivity (Wildman–Crippen MR) is 78.1 cm³/mol. The van der Waals surface area contributed by atoms with E-state index in [-0.39, 0.29) is 11.5 Å². The number of amides is 1. The highest BCUT2D eigenvalue weighted by Crippen LogP contribution is 2.14. The van der Waals surface area contributed by atoms with Crippen molar-refractivity contribution in [1.29, 1.82) is 5.26 Å². The standard InChI is InChI=1S/C17H15FN2O/c1-12-3-8-16(18)15(9-12)17(21)20(2)11-14-6-4-13(10-19)5-7-14/h3-9H,11H2,1-2H3. The van der Waals surface area contributed by atoms with Gasteiger partial charge in [-0.05, 0) is 36.8 Å². The first-order valence-corrected chi connectivity index (χ1v) is 6.52. The molecule has 2 aromatic carbocycles. The summed E-state index contributed by atoms with van der Waals surface area (Å²) < 4.78 is 13.7. The molecule has 0 heterocycles. The highest BCUT2D eigenvalue weighted by atomic mass is 19.1. The summed E-state index contributed by atoms with van der Waals surface area (Å²) in [7, 11) is 1.63. The number of nitrogens with zero attached hydrogens (tertiary/aromatic N) is 2. The summed E-state index contributed by atoms with van der Waals surface area (Å²) in [6.45, 7) is 2.18. The third kappa shape index (κ3) is 3.46. The van der Waals surface area contributed by atoms with Crippen molar-refractivity contribution in [2.75, 3.05) is 7.05 Å². The summed E-state index contributed by atoms with van der Waals surface area (Å²) in [5.41, 5.74) is 2.37. The first-order valence-electron chi connectivity index (χ1n) is 6.52. The van der Waals surface area contributed by atoms with E-state index in [0.29, 0.717) is 12.1 Å². The van der Waals surface area contributed by atoms with E-state index in [4.69, 9.17) is 5.26 Å². The quantitative estimate of drug-likeness (QED) is 0.867. The largest absolute Gasteiger partial charge is 0.337 e. The van der Waals surface area contributed by atoms with Crippen LogP contribution in [0.1, 0.15) is 27.0 Å². The van der Waals surface area contributed by atoms with Crippen molar-refractivity contribution in [3.63, 3.8) is 0 Å². The van der Waals surface area contributed by atoms with Crippen LogP contribution >= 0.6 is 0 Å². The Balaban J connectivity index is 2.15. The smallest absolute Gasteiger partial charge is 0.256 e. The molecule has 0 atom stereocenters. The molecule has 4 heteroatoms. The summed E-state index contributed by atoms with van der Waals surface area (Å²) in [5.74, 6) is -0.877. The zero-order valence-corrected chi connectivity index (χ0v) is 11.9. The summed E-state index contributed by atoms with van der Waals surface area (Å²) in [4.78, 5) is 13.7. The van der Waals surface area contributed by atoms with Gasteiger partial charge in [0.25, 0.3) is 5.91 Å². The fourth-order valence-corrected chi connectivity index (χ4v) is 2.04. The minimum atomic E-state index is -0.516. The molecule has 2 aromatic rings. The van der Waals surface area contributed by atoms with Crippen LogP contribution in [-0.2, 0) is 6.54 Å². The van der Waals surface area contributed by atoms with Crippen LogP contribution in [0.25, 0.3) is 0 Å². The molecule has 2 rings (SSSR count). The average Bonchev–Trinajstić information content (AvgIpc) is 2.49. The summed E-state index contributed by atoms with van der Waals surface area (Å²) in [6, 6.07) is 13.5. The van der Waals surface area contributed by atoms with Gasteiger partial charge in [-0.15, -0.1) is 0 Å². The van der Waals surface area contributed by atoms with E-state index in [2.05, 4.69) is 0 Å². The minimum absolute atomic E-state index is 0.0751. The second kappa shape index (κ2) is 6.19. The number of carbonyl (C=O) groups excluding carboxylic acids is 1. The Morgan fingerprint density at radius 3 is 2.52 bits per heavy atom. The molecule has 0 saturated heterocycles. The molecule has 21 heavy (non-hydrogen) atoms. The molecule has 0 spiro atoms. The fraction of sp³-hybridized carbons (Fsp3) is 0.176. The normalized spacial score (nSPS) is 10.0. The third-order valence-electron chi connectivity index (χ3n) is 3.20. The van der Waals surface area contributed by atoms with Crippen LogP contribution < -0.4 is 0 Å². The molecule has 0 aliphatic carbocycles. The Hall–Kier alpha value is -2.67. The van der Waals surface area contributed by atoms with Gasteiger partial charge < -0.3 is 4.90 Å². The Morgan fingerprint density at radius 1 is 1.24 bits per heavy atom. The summed E-state index contributed by atoms with van der Waals surface area (Å²) >= 11 is 0. The van der Waals surface area contributed by atoms with Gasteiger partial charge in [0.15, 0.2) is 0 Å². The van der Waals surface area contributed by atoms with Crippen LogP contribution in [0.15, 0.2) is 42.5 Å². The van der Waals surface area contributed by atoms with Crippen molar-refractivity contribution in [2.24, 2.45) is 0 Å². The zero-order chi connectivity index (χ0) is 15.4. The molecular formula is C17H15FN2O. The lowest BCUT2D eigenvalue weighted by Gasteiger charge is -2.18. The van der Waals surface area contributed by atoms with Crippen molar-refractivity contribution in [1.82, 2.24) is 4.90 Å². The van der Waals surface area contributed by atoms with E-state index in [1.165, 1.54) is 11.0 Å². The van der Waals surface area contributed by atoms with Crippen molar-refractivity contribution >= 4 is 5.91 Å². The highest BCUT2D eigenvalue weighted by Gasteiger charge is 2.16. The van der Waals surface area contributed by atoms with Gasteiger partial charge in [0.2, 0.25) is 0 Å². The van der Waals surface area contributed by atoms with E-state index >= 15 is 0 Å². The maximum absolute atomic E-state index is 13.7. The molecule has 0 aromatic heterocycles. The molecule has 0 bridgehead atoms. The van der Waals surface area contributed by atoms with Crippen molar-refractivity contribution in [3.05, 3.63) is 70.5 Å². The van der Waals surface area contributed by atoms with E-state index in [9.17, 15) is 9.18 Å². The first-order chi connectivity index (χ1) is 10.0. The Bertz CT molecular complexity index is 702. The Labute approximate surface area is 123 Å². The number of aryl methyl sites for hydroxylation is 1. The number of halogens is 1. The van der Waals surface area contributed by atoms with E-state index in [1.807, 2.05) is 13.0 Å². The molecule has 0 radical (unpaired) electrons. The zero-order valence-electron chi connectivity index (χ0n) is 11.9. The Kier molecular flexibility index (Phi) is 4.34. The maximum atomic E-state index is 13.7. The van der Waals surface area contributed by atoms with Gasteiger partial charge in [-0.25, -0.2) is 4.39 Å². The Morgan fingerprint density at radius 2 is 1.90 bits per heavy atom. The van der Waals surface area contributed by atoms with Crippen molar-refractivity contribution in [2.45, 2.75) is 13.5 Å². The topological polar surface area (TPSA) is 44.1 Å². The maximum Gasteiger partial charge on any atom is 0.256 e. The SMILES string of the molecule is Cc1ccc(F)c(C(=O)N(C)Cc2ccc(C#N)cc2)c1. The molecule has 0 fully saturated rings. The molecule has 0 unspecified atom stereocenters. The second-order valence-electron chi connectivity index (χ2n) is 4.95. The van der Waals surface area contributed by atoms with Gasteiger partial charge in [0.1, 0.15) is 5.82 Å². The van der Waals surface area contributed by atoms with Crippen molar-refractivity contribution < 1.29 is 9.18 Å². The molecule has 0 aliphatic heterocycles. The van der Waals surface area contributed by atoms with Crippen LogP contribution in [0.5, 0.6) is 0 Å². The second-order valence-corrected chi connectivity index (χ2v) is 4.95. The van der Waals surface area contributed by atoms with Crippen LogP contribution in [0.2, 0.25) is 0 Å². The van der Waals surface area contributed by atoms with E-state index in [1.54, 1.807) is 43.4 Å². The van der Waals surface area contributed by atoms with E-state index < -0.39 is 5.82 Å². The lowest BCUT2D eigenvalue weighted by atomic mass is 10.1. The first kappa shape index (κ1) is 14.7. The number of nitriles is 1. The van der Waals surface area contributed by atoms with Gasteiger partial charge in [0.05, 0.1) is 17.2 Å². The summed E-state index contributed by atoms with van der Waals surface area (Å²) in [5, 5.41) is 8.75. The number of hydrogen-bond donors (Lipinski definition) is 0. The van der Waals surface area contributed by atoms with Crippen LogP contribution in [0.4, 0.5) is 4.39 Å². The van der Waals surface area contributed by atoms with Gasteiger partial charge in [-0.2, -0.15) is 5.26 Å². The molecular weight excluding hydrogens is 267 g/mol. The van der Waals surface area contributed by atoms with Gasteiger partial charge in [-0.1, -0.05) is 23.8 Å². The fourth-order valence-electron chi connectivity index (χ4n) is 2.04. The van der Waals surface area contributed by atoms with Crippen molar-refractivity contribution in [3.8, 4) is 6.07 Å². The number of hydrogen-bond acceptors (Lipinski definition) is 2. The molecule has 0 saturated carbocycles. The van der Waals surface area contributed by atoms with Crippen LogP contribution in [-0.4, -0.2) is 17.9 Å². The monoisotopic (exact) mass is 282 g/mol. The average molecular weight is 282 g/mol. The lowest BCUT2D eigenvalue weighted by Crippen LogP contribution is -2.27. The summed E-state index contributed by atoms with van der Waals surface area (Å²) in [6.07, 6.45) is 0. The molecule has 1 amide bonds. The predicted octanol–water partition coefficient (Wildman–Crippen LogP) is 3.28. The minimum Gasteiger partial charge on any atom is -0.337 e. The van der Waals surface area contributed by atoms with Crippen LogP contribution in [0, 0.1) is 24.1 Å². The molecule has 0 N–H and O–H groups in total. The highest BCUT2D eigenvalue weighted by molar-refractivity contribution is 5.94. The van der Waals surface area contributed by atoms with Crippen LogP contribution in [0.3, 0.4) is 0 Å². The van der Waals surface area contributed by atoms with Gasteiger partial charge in [0, 0.05) is 13.6 Å². The van der Waals surface area contributed by atoms with E-state index in [0.717, 1.165) is 11.1 Å². The molecule has 0 aliphatic rings. The van der Waals surface area contributed by atoms with Gasteiger partial charge in [-0.3, -0.25) is 4.79 Å². The number of benzene rings is 2. The number of carbonyl (C=O) groups is 1. The lowest BCUT2D eigenvalue weighted by molar-refractivity contribution is 0.0780. The molecule has 106 valence electrons. The molecule has 3 nitrogen and oxygen atoms in total. The number of rotatable bonds is 3. The van der Waals surface area contributed by atoms with Gasteiger partial charge >= 0.3 is 0 Å².